The molecular weight excluding hydrogens is 146 g/mol. The minimum atomic E-state index is -0.592. The molecule has 0 aliphatic rings. The van der Waals surface area contributed by atoms with Gasteiger partial charge in [-0.1, -0.05) is 19.6 Å². The zero-order valence-corrected chi connectivity index (χ0v) is 6.61. The molecule has 0 saturated heterocycles. The average molecular weight is 158 g/mol. The summed E-state index contributed by atoms with van der Waals surface area (Å²) in [6.45, 7) is 5.12. The lowest BCUT2D eigenvalue weighted by atomic mass is 10.3. The van der Waals surface area contributed by atoms with Crippen molar-refractivity contribution in [3.8, 4) is 0 Å². The van der Waals surface area contributed by atoms with E-state index in [0.717, 1.165) is 12.2 Å². The van der Waals surface area contributed by atoms with Gasteiger partial charge in [-0.3, -0.25) is 0 Å². The van der Waals surface area contributed by atoms with Gasteiger partial charge in [0, 0.05) is 6.08 Å². The van der Waals surface area contributed by atoms with Crippen LogP contribution in [0.3, 0.4) is 0 Å². The lowest BCUT2D eigenvalue weighted by molar-refractivity contribution is 0.570. The summed E-state index contributed by atoms with van der Waals surface area (Å²) in [7, 11) is 0. The highest BCUT2D eigenvalue weighted by atomic mass is 19.1. The first kappa shape index (κ1) is 10.1. The molecule has 0 saturated carbocycles. The van der Waals surface area contributed by atoms with Gasteiger partial charge < -0.3 is 0 Å². The Morgan fingerprint density at radius 3 is 2.55 bits per heavy atom. The van der Waals surface area contributed by atoms with E-state index in [4.69, 9.17) is 0 Å². The Morgan fingerprint density at radius 2 is 2.09 bits per heavy atom. The lowest BCUT2D eigenvalue weighted by Crippen LogP contribution is -1.73. The van der Waals surface area contributed by atoms with Crippen LogP contribution in [0, 0.1) is 0 Å². The van der Waals surface area contributed by atoms with Crippen LogP contribution in [0.2, 0.25) is 0 Å². The molecule has 0 N–H and O–H groups in total. The molecule has 0 unspecified atom stereocenters. The molecule has 0 aliphatic heterocycles. The predicted octanol–water partition coefficient (Wildman–Crippen LogP) is 3.68. The molecule has 0 fully saturated rings. The molecule has 0 aromatic carbocycles. The fraction of sp³-hybridized carbons (Fsp3) is 0.333. The summed E-state index contributed by atoms with van der Waals surface area (Å²) in [6.07, 6.45) is 4.26. The summed E-state index contributed by atoms with van der Waals surface area (Å²) < 4.78 is 25.0. The van der Waals surface area contributed by atoms with Gasteiger partial charge in [0.2, 0.25) is 0 Å². The highest BCUT2D eigenvalue weighted by molar-refractivity contribution is 5.18. The molecule has 0 bridgehead atoms. The van der Waals surface area contributed by atoms with Gasteiger partial charge in [0.25, 0.3) is 0 Å². The quantitative estimate of drug-likeness (QED) is 0.547. The molecular formula is C9H12F2. The maximum atomic E-state index is 12.5. The van der Waals surface area contributed by atoms with Gasteiger partial charge in [-0.2, -0.15) is 0 Å². The van der Waals surface area contributed by atoms with Gasteiger partial charge in [-0.25, -0.2) is 8.78 Å². The molecule has 0 amide bonds. The van der Waals surface area contributed by atoms with Crippen LogP contribution in [0.5, 0.6) is 0 Å². The van der Waals surface area contributed by atoms with Crippen molar-refractivity contribution in [3.05, 3.63) is 36.5 Å². The van der Waals surface area contributed by atoms with Crippen molar-refractivity contribution in [3.63, 3.8) is 0 Å². The van der Waals surface area contributed by atoms with E-state index in [1.54, 1.807) is 0 Å². The summed E-state index contributed by atoms with van der Waals surface area (Å²) >= 11 is 0. The first-order valence-corrected chi connectivity index (χ1v) is 3.55. The SMILES string of the molecule is C=C/C=C(F)\C=C(\F)CCC. The summed E-state index contributed by atoms with van der Waals surface area (Å²) in [6, 6.07) is 0. The van der Waals surface area contributed by atoms with E-state index in [9.17, 15) is 8.78 Å². The van der Waals surface area contributed by atoms with E-state index in [1.807, 2.05) is 6.92 Å². The second kappa shape index (κ2) is 5.83. The molecule has 0 aromatic rings. The van der Waals surface area contributed by atoms with Gasteiger partial charge >= 0.3 is 0 Å². The normalized spacial score (nSPS) is 13.4. The Labute approximate surface area is 65.9 Å². The monoisotopic (exact) mass is 158 g/mol. The van der Waals surface area contributed by atoms with Crippen molar-refractivity contribution in [2.24, 2.45) is 0 Å². The van der Waals surface area contributed by atoms with Crippen LogP contribution < -0.4 is 0 Å². The van der Waals surface area contributed by atoms with Crippen molar-refractivity contribution in [2.45, 2.75) is 19.8 Å². The summed E-state index contributed by atoms with van der Waals surface area (Å²) in [5.41, 5.74) is 0. The zero-order valence-electron chi connectivity index (χ0n) is 6.61. The molecule has 11 heavy (non-hydrogen) atoms. The van der Waals surface area contributed by atoms with Crippen LogP contribution in [-0.4, -0.2) is 0 Å². The fourth-order valence-electron chi connectivity index (χ4n) is 0.621. The largest absolute Gasteiger partial charge is 0.212 e. The second-order valence-electron chi connectivity index (χ2n) is 2.13. The molecule has 0 aliphatic carbocycles. The number of hydrogen-bond acceptors (Lipinski definition) is 0. The van der Waals surface area contributed by atoms with Crippen molar-refractivity contribution in [2.75, 3.05) is 0 Å². The maximum absolute atomic E-state index is 12.5. The summed E-state index contributed by atoms with van der Waals surface area (Å²) in [5.74, 6) is -1.02. The van der Waals surface area contributed by atoms with Crippen molar-refractivity contribution < 1.29 is 8.78 Å². The van der Waals surface area contributed by atoms with Crippen LogP contribution >= 0.6 is 0 Å². The maximum Gasteiger partial charge on any atom is 0.125 e. The number of hydrogen-bond donors (Lipinski definition) is 0. The minimum absolute atomic E-state index is 0.290. The molecule has 0 radical (unpaired) electrons. The summed E-state index contributed by atoms with van der Waals surface area (Å²) in [5, 5.41) is 0. The molecule has 0 aromatic heterocycles. The lowest BCUT2D eigenvalue weighted by Gasteiger charge is -1.90. The Kier molecular flexibility index (Phi) is 5.35. The Balaban J connectivity index is 4.06. The second-order valence-corrected chi connectivity index (χ2v) is 2.13. The van der Waals surface area contributed by atoms with Crippen LogP contribution in [0.15, 0.2) is 36.5 Å². The van der Waals surface area contributed by atoms with Gasteiger partial charge in [0.15, 0.2) is 0 Å². The third kappa shape index (κ3) is 5.52. The van der Waals surface area contributed by atoms with Crippen LogP contribution in [0.4, 0.5) is 8.78 Å². The highest BCUT2D eigenvalue weighted by Crippen LogP contribution is 2.10. The third-order valence-electron chi connectivity index (χ3n) is 1.06. The van der Waals surface area contributed by atoms with E-state index >= 15 is 0 Å². The van der Waals surface area contributed by atoms with E-state index in [0.29, 0.717) is 12.8 Å². The first-order valence-electron chi connectivity index (χ1n) is 3.55. The van der Waals surface area contributed by atoms with E-state index in [2.05, 4.69) is 6.58 Å². The highest BCUT2D eigenvalue weighted by Gasteiger charge is 1.93. The zero-order chi connectivity index (χ0) is 8.69. The van der Waals surface area contributed by atoms with Crippen LogP contribution in [0.25, 0.3) is 0 Å². The van der Waals surface area contributed by atoms with Gasteiger partial charge in [0.1, 0.15) is 11.7 Å². The van der Waals surface area contributed by atoms with E-state index in [1.165, 1.54) is 6.08 Å². The van der Waals surface area contributed by atoms with Crippen molar-refractivity contribution >= 4 is 0 Å². The number of halogens is 2. The minimum Gasteiger partial charge on any atom is -0.212 e. The Morgan fingerprint density at radius 1 is 1.45 bits per heavy atom. The molecule has 0 spiro atoms. The van der Waals surface area contributed by atoms with Gasteiger partial charge in [0.05, 0.1) is 0 Å². The molecule has 62 valence electrons. The first-order chi connectivity index (χ1) is 5.20. The molecule has 0 atom stereocenters. The average Bonchev–Trinajstić information content (AvgIpc) is 1.87. The van der Waals surface area contributed by atoms with Gasteiger partial charge in [-0.05, 0) is 18.9 Å². The number of rotatable bonds is 4. The summed E-state index contributed by atoms with van der Waals surface area (Å²) in [4.78, 5) is 0. The molecule has 0 nitrogen and oxygen atoms in total. The third-order valence-corrected chi connectivity index (χ3v) is 1.06. The standard InChI is InChI=1S/C9H12F2/c1-3-5-8(10)7-9(11)6-4-2/h3,5,7H,1,4,6H2,2H3/b8-5+,9-7+. The smallest absolute Gasteiger partial charge is 0.125 e. The predicted molar refractivity (Wildman–Crippen MR) is 43.5 cm³/mol. The van der Waals surface area contributed by atoms with Crippen molar-refractivity contribution in [1.82, 2.24) is 0 Å². The Bertz CT molecular complexity index is 178. The van der Waals surface area contributed by atoms with Crippen LogP contribution in [0.1, 0.15) is 19.8 Å². The van der Waals surface area contributed by atoms with Gasteiger partial charge in [-0.15, -0.1) is 0 Å². The Hall–Kier alpha value is -0.920. The topological polar surface area (TPSA) is 0 Å². The van der Waals surface area contributed by atoms with E-state index in [-0.39, 0.29) is 0 Å². The number of allylic oxidation sites excluding steroid dienone is 5. The fourth-order valence-corrected chi connectivity index (χ4v) is 0.621. The molecule has 0 heterocycles. The van der Waals surface area contributed by atoms with Crippen molar-refractivity contribution in [1.29, 1.82) is 0 Å². The molecule has 2 heteroatoms. The van der Waals surface area contributed by atoms with E-state index < -0.39 is 11.7 Å². The molecule has 0 rings (SSSR count). The van der Waals surface area contributed by atoms with Crippen LogP contribution in [-0.2, 0) is 0 Å².